The molecule has 0 saturated heterocycles. The summed E-state index contributed by atoms with van der Waals surface area (Å²) in [6.45, 7) is 0. The summed E-state index contributed by atoms with van der Waals surface area (Å²) in [5.74, 6) is 0. The van der Waals surface area contributed by atoms with Crippen LogP contribution >= 0.6 is 7.14 Å². The highest BCUT2D eigenvalue weighted by Gasteiger charge is 2.42. The Morgan fingerprint density at radius 1 is 0.656 bits per heavy atom. The van der Waals surface area contributed by atoms with Gasteiger partial charge in [0.2, 0.25) is 0 Å². The van der Waals surface area contributed by atoms with Gasteiger partial charge in [0.05, 0.1) is 10.8 Å². The molecule has 0 aliphatic carbocycles. The van der Waals surface area contributed by atoms with Crippen LogP contribution in [0.1, 0.15) is 0 Å². The van der Waals surface area contributed by atoms with Crippen LogP contribution in [0.4, 0.5) is 0 Å². The van der Waals surface area contributed by atoms with Crippen molar-refractivity contribution >= 4 is 55.6 Å². The van der Waals surface area contributed by atoms with E-state index in [-0.39, 0.29) is 0 Å². The number of nitrogens with zero attached hydrogens (tertiary/aromatic N) is 1. The Morgan fingerprint density at radius 3 is 2.28 bits per heavy atom. The van der Waals surface area contributed by atoms with Crippen LogP contribution in [0, 0.1) is 0 Å². The molecule has 1 atom stereocenters. The maximum Gasteiger partial charge on any atom is 0.174 e. The normalized spacial score (nSPS) is 17.2. The summed E-state index contributed by atoms with van der Waals surface area (Å²) in [6.07, 6.45) is 0. The lowest BCUT2D eigenvalue weighted by atomic mass is 10.0. The Labute approximate surface area is 186 Å². The molecular weight excluding hydrogens is 409 g/mol. The van der Waals surface area contributed by atoms with E-state index in [9.17, 15) is 0 Å². The van der Waals surface area contributed by atoms with Gasteiger partial charge in [-0.2, -0.15) is 0 Å². The van der Waals surface area contributed by atoms with Gasteiger partial charge in [-0.1, -0.05) is 97.1 Å². The summed E-state index contributed by atoms with van der Waals surface area (Å²) >= 11 is 0. The number of benzene rings is 5. The highest BCUT2D eigenvalue weighted by atomic mass is 31.2. The van der Waals surface area contributed by atoms with Gasteiger partial charge in [0.15, 0.2) is 7.14 Å². The van der Waals surface area contributed by atoms with E-state index in [0.717, 1.165) is 32.6 Å². The molecule has 0 spiro atoms. The first-order valence-corrected chi connectivity index (χ1v) is 12.6. The number of aryl methyl sites for hydroxylation is 1. The van der Waals surface area contributed by atoms with Gasteiger partial charge in [-0.25, -0.2) is 0 Å². The van der Waals surface area contributed by atoms with Crippen LogP contribution < -0.4 is 15.9 Å². The molecule has 0 saturated carbocycles. The van der Waals surface area contributed by atoms with Crippen molar-refractivity contribution in [3.05, 3.63) is 103 Å². The second-order valence-corrected chi connectivity index (χ2v) is 11.2. The maximum atomic E-state index is 15.2. The molecule has 6 aromatic rings. The lowest BCUT2D eigenvalue weighted by Gasteiger charge is -2.17. The highest BCUT2D eigenvalue weighted by molar-refractivity contribution is 7.86. The van der Waals surface area contributed by atoms with E-state index < -0.39 is 7.14 Å². The molecular formula is C29H20NOP. The Hall–Kier alpha value is -3.61. The number of hydrogen-bond donors (Lipinski definition) is 0. The van der Waals surface area contributed by atoms with Crippen molar-refractivity contribution in [2.45, 2.75) is 0 Å². The molecule has 3 heteroatoms. The van der Waals surface area contributed by atoms with E-state index >= 15 is 4.57 Å². The van der Waals surface area contributed by atoms with Crippen molar-refractivity contribution in [1.82, 2.24) is 4.57 Å². The summed E-state index contributed by atoms with van der Waals surface area (Å²) in [4.78, 5) is 0. The first-order chi connectivity index (χ1) is 15.7. The SMILES string of the molecule is Cn1c2ccc3ccccc3c2c2ccc3c(c21)P(=O)(c1ccccc1)c1ccccc1-3. The summed E-state index contributed by atoms with van der Waals surface area (Å²) < 4.78 is 17.4. The second kappa shape index (κ2) is 6.22. The van der Waals surface area contributed by atoms with E-state index in [2.05, 4.69) is 66.2 Å². The Morgan fingerprint density at radius 2 is 1.41 bits per heavy atom. The molecule has 5 aromatic carbocycles. The summed E-state index contributed by atoms with van der Waals surface area (Å²) in [7, 11) is -0.902. The number of fused-ring (bicyclic) bond motifs is 9. The number of hydrogen-bond acceptors (Lipinski definition) is 1. The van der Waals surface area contributed by atoms with Crippen molar-refractivity contribution < 1.29 is 4.57 Å². The van der Waals surface area contributed by atoms with E-state index in [1.807, 2.05) is 48.5 Å². The van der Waals surface area contributed by atoms with Crippen LogP contribution in [0.15, 0.2) is 103 Å². The lowest BCUT2D eigenvalue weighted by molar-refractivity contribution is 0.593. The van der Waals surface area contributed by atoms with Gasteiger partial charge in [0, 0.05) is 33.9 Å². The molecule has 1 aliphatic heterocycles. The van der Waals surface area contributed by atoms with E-state index in [1.165, 1.54) is 27.1 Å². The van der Waals surface area contributed by atoms with Gasteiger partial charge in [0.25, 0.3) is 0 Å². The fourth-order valence-electron chi connectivity index (χ4n) is 5.60. The quantitative estimate of drug-likeness (QED) is 0.289. The van der Waals surface area contributed by atoms with Gasteiger partial charge in [-0.15, -0.1) is 0 Å². The standard InChI is InChI=1S/C29H20NOP/c1-30-25-18-15-19-9-5-6-12-21(19)27(25)24-17-16-23-22-13-7-8-14-26(22)32(31,29(23)28(24)30)20-10-3-2-4-11-20/h2-18H,1H3. The highest BCUT2D eigenvalue weighted by Crippen LogP contribution is 2.54. The zero-order chi connectivity index (χ0) is 21.4. The third-order valence-electron chi connectivity index (χ3n) is 6.99. The van der Waals surface area contributed by atoms with Crippen LogP contribution in [0.2, 0.25) is 0 Å². The molecule has 7 rings (SSSR count). The lowest BCUT2D eigenvalue weighted by Crippen LogP contribution is -2.22. The van der Waals surface area contributed by atoms with Gasteiger partial charge < -0.3 is 9.13 Å². The third kappa shape index (κ3) is 2.08. The van der Waals surface area contributed by atoms with Gasteiger partial charge in [-0.3, -0.25) is 0 Å². The van der Waals surface area contributed by atoms with Crippen molar-refractivity contribution in [3.8, 4) is 11.1 Å². The van der Waals surface area contributed by atoms with Crippen LogP contribution in [0.25, 0.3) is 43.7 Å². The molecule has 0 amide bonds. The maximum absolute atomic E-state index is 15.2. The zero-order valence-electron chi connectivity index (χ0n) is 17.6. The summed E-state index contributed by atoms with van der Waals surface area (Å²) in [5, 5.41) is 7.69. The predicted octanol–water partition coefficient (Wildman–Crippen LogP) is 6.10. The van der Waals surface area contributed by atoms with Gasteiger partial charge in [-0.05, 0) is 28.0 Å². The topological polar surface area (TPSA) is 22.0 Å². The van der Waals surface area contributed by atoms with Crippen molar-refractivity contribution in [1.29, 1.82) is 0 Å². The zero-order valence-corrected chi connectivity index (χ0v) is 18.5. The molecule has 0 radical (unpaired) electrons. The number of aromatic nitrogens is 1. The molecule has 2 nitrogen and oxygen atoms in total. The molecule has 0 bridgehead atoms. The average Bonchev–Trinajstić information content (AvgIpc) is 3.30. The van der Waals surface area contributed by atoms with Gasteiger partial charge >= 0.3 is 0 Å². The summed E-state index contributed by atoms with van der Waals surface area (Å²) in [5.41, 5.74) is 4.43. The van der Waals surface area contributed by atoms with Gasteiger partial charge in [0.1, 0.15) is 0 Å². The largest absolute Gasteiger partial charge is 0.343 e. The predicted molar refractivity (Wildman–Crippen MR) is 136 cm³/mol. The molecule has 32 heavy (non-hydrogen) atoms. The fraction of sp³-hybridized carbons (Fsp3) is 0.0345. The van der Waals surface area contributed by atoms with Crippen LogP contribution in [0.3, 0.4) is 0 Å². The average molecular weight is 429 g/mol. The Balaban J connectivity index is 1.73. The first kappa shape index (κ1) is 18.0. The van der Waals surface area contributed by atoms with Crippen LogP contribution in [-0.4, -0.2) is 4.57 Å². The van der Waals surface area contributed by atoms with E-state index in [4.69, 9.17) is 0 Å². The monoisotopic (exact) mass is 429 g/mol. The third-order valence-corrected chi connectivity index (χ3v) is 10.2. The van der Waals surface area contributed by atoms with Crippen LogP contribution in [-0.2, 0) is 11.6 Å². The minimum Gasteiger partial charge on any atom is -0.343 e. The Bertz CT molecular complexity index is 1760. The fourth-order valence-corrected chi connectivity index (χ4v) is 8.91. The Kier molecular flexibility index (Phi) is 3.50. The first-order valence-electron chi connectivity index (χ1n) is 10.9. The van der Waals surface area contributed by atoms with E-state index in [1.54, 1.807) is 0 Å². The van der Waals surface area contributed by atoms with Crippen molar-refractivity contribution in [3.63, 3.8) is 0 Å². The second-order valence-electron chi connectivity index (χ2n) is 8.56. The minimum atomic E-state index is -3.01. The molecule has 1 aliphatic rings. The molecule has 0 fully saturated rings. The molecule has 152 valence electrons. The van der Waals surface area contributed by atoms with Crippen LogP contribution in [0.5, 0.6) is 0 Å². The molecule has 1 unspecified atom stereocenters. The summed E-state index contributed by atoms with van der Waals surface area (Å²) in [6, 6.07) is 35.5. The number of rotatable bonds is 1. The molecule has 2 heterocycles. The smallest absolute Gasteiger partial charge is 0.174 e. The minimum absolute atomic E-state index is 0.897. The molecule has 1 aromatic heterocycles. The van der Waals surface area contributed by atoms with Crippen molar-refractivity contribution in [2.24, 2.45) is 7.05 Å². The van der Waals surface area contributed by atoms with E-state index in [0.29, 0.717) is 0 Å². The van der Waals surface area contributed by atoms with Crippen molar-refractivity contribution in [2.75, 3.05) is 0 Å². The molecule has 0 N–H and O–H groups in total.